The van der Waals surface area contributed by atoms with E-state index in [2.05, 4.69) is 50.9 Å². The molecule has 28 heavy (non-hydrogen) atoms. The van der Waals surface area contributed by atoms with Crippen LogP contribution < -0.4 is 10.6 Å². The number of aromatic nitrogens is 2. The van der Waals surface area contributed by atoms with Gasteiger partial charge in [-0.2, -0.15) is 0 Å². The van der Waals surface area contributed by atoms with E-state index in [0.29, 0.717) is 5.92 Å². The van der Waals surface area contributed by atoms with Gasteiger partial charge in [0.05, 0.1) is 33.6 Å². The molecule has 2 aliphatic heterocycles. The van der Waals surface area contributed by atoms with Crippen molar-refractivity contribution in [1.82, 2.24) is 15.3 Å². The van der Waals surface area contributed by atoms with Gasteiger partial charge >= 0.3 is 0 Å². The first-order valence-electron chi connectivity index (χ1n) is 9.62. The highest BCUT2D eigenvalue weighted by Gasteiger charge is 2.46. The second-order valence-corrected chi connectivity index (χ2v) is 9.56. The molecule has 2 fully saturated rings. The van der Waals surface area contributed by atoms with Crippen LogP contribution in [-0.4, -0.2) is 35.3 Å². The van der Waals surface area contributed by atoms with Crippen LogP contribution in [0, 0.1) is 0 Å². The van der Waals surface area contributed by atoms with Gasteiger partial charge in [0.15, 0.2) is 0 Å². The zero-order valence-electron chi connectivity index (χ0n) is 15.3. The van der Waals surface area contributed by atoms with Gasteiger partial charge in [-0.25, -0.2) is 9.97 Å². The van der Waals surface area contributed by atoms with Crippen LogP contribution in [0.15, 0.2) is 42.0 Å². The Labute approximate surface area is 170 Å². The molecule has 2 aliphatic rings. The molecule has 5 nitrogen and oxygen atoms in total. The number of rotatable bonds is 3. The molecule has 0 aliphatic carbocycles. The first-order valence-corrected chi connectivity index (χ1v) is 11.3. The van der Waals surface area contributed by atoms with Crippen molar-refractivity contribution in [2.45, 2.75) is 24.3 Å². The summed E-state index contributed by atoms with van der Waals surface area (Å²) in [5, 5.41) is 8.51. The summed E-state index contributed by atoms with van der Waals surface area (Å²) in [5.41, 5.74) is 5.20. The lowest BCUT2D eigenvalue weighted by molar-refractivity contribution is 0.168. The average molecular weight is 409 g/mol. The third-order valence-electron chi connectivity index (χ3n) is 6.04. The van der Waals surface area contributed by atoms with Crippen molar-refractivity contribution in [3.05, 3.63) is 46.9 Å². The number of thiophene rings is 1. The maximum absolute atomic E-state index is 5.75. The molecule has 0 bridgehead atoms. The van der Waals surface area contributed by atoms with Crippen molar-refractivity contribution in [2.24, 2.45) is 0 Å². The van der Waals surface area contributed by atoms with Gasteiger partial charge in [-0.15, -0.1) is 22.7 Å². The lowest BCUT2D eigenvalue weighted by Crippen LogP contribution is -2.44. The number of nitrogens with zero attached hydrogens (tertiary/aromatic N) is 2. The van der Waals surface area contributed by atoms with Gasteiger partial charge in [0.25, 0.3) is 0 Å². The Bertz CT molecular complexity index is 1160. The summed E-state index contributed by atoms with van der Waals surface area (Å²) < 4.78 is 6.96. The summed E-state index contributed by atoms with van der Waals surface area (Å²) in [6.45, 7) is 2.74. The third-order valence-corrected chi connectivity index (χ3v) is 8.00. The number of fused-ring (bicyclic) bond motifs is 2. The molecule has 2 atom stereocenters. The van der Waals surface area contributed by atoms with Crippen molar-refractivity contribution < 1.29 is 4.74 Å². The van der Waals surface area contributed by atoms with Crippen molar-refractivity contribution in [3.63, 3.8) is 0 Å². The molecule has 4 aromatic rings. The molecule has 1 aromatic carbocycles. The molecule has 3 aromatic heterocycles. The number of ether oxygens (including phenoxy) is 1. The monoisotopic (exact) mass is 408 g/mol. The summed E-state index contributed by atoms with van der Waals surface area (Å²) in [7, 11) is 0. The van der Waals surface area contributed by atoms with E-state index in [4.69, 9.17) is 4.74 Å². The Morgan fingerprint density at radius 1 is 1.21 bits per heavy atom. The second-order valence-electron chi connectivity index (χ2n) is 7.61. The van der Waals surface area contributed by atoms with Crippen LogP contribution in [0.5, 0.6) is 0 Å². The van der Waals surface area contributed by atoms with Gasteiger partial charge in [-0.1, -0.05) is 0 Å². The van der Waals surface area contributed by atoms with E-state index in [1.54, 1.807) is 11.3 Å². The molecule has 6 rings (SSSR count). The SMILES string of the molecule is c1cc(Nc2ccc3scnc3c2)c2cc([C@@H]3CCN[C@@]34CCOC4)sc2n1. The van der Waals surface area contributed by atoms with E-state index < -0.39 is 0 Å². The third kappa shape index (κ3) is 2.65. The topological polar surface area (TPSA) is 59.1 Å². The van der Waals surface area contributed by atoms with E-state index in [0.717, 1.165) is 47.9 Å². The summed E-state index contributed by atoms with van der Waals surface area (Å²) in [4.78, 5) is 11.6. The highest BCUT2D eigenvalue weighted by Crippen LogP contribution is 2.45. The molecular formula is C21H20N4OS2. The molecule has 0 unspecified atom stereocenters. The smallest absolute Gasteiger partial charge is 0.125 e. The largest absolute Gasteiger partial charge is 0.379 e. The van der Waals surface area contributed by atoms with Crippen LogP contribution in [-0.2, 0) is 4.74 Å². The van der Waals surface area contributed by atoms with Gasteiger partial charge in [0, 0.05) is 34.7 Å². The highest BCUT2D eigenvalue weighted by molar-refractivity contribution is 7.18. The lowest BCUT2D eigenvalue weighted by Gasteiger charge is -2.28. The first-order chi connectivity index (χ1) is 13.8. The van der Waals surface area contributed by atoms with Gasteiger partial charge in [-0.05, 0) is 49.7 Å². The fourth-order valence-electron chi connectivity index (χ4n) is 4.60. The van der Waals surface area contributed by atoms with E-state index in [1.807, 2.05) is 23.0 Å². The van der Waals surface area contributed by atoms with E-state index in [9.17, 15) is 0 Å². The van der Waals surface area contributed by atoms with Crippen LogP contribution in [0.25, 0.3) is 20.4 Å². The molecule has 0 amide bonds. The molecule has 7 heteroatoms. The minimum Gasteiger partial charge on any atom is -0.379 e. The van der Waals surface area contributed by atoms with Gasteiger partial charge in [-0.3, -0.25) is 0 Å². The Hall–Kier alpha value is -2.06. The summed E-state index contributed by atoms with van der Waals surface area (Å²) in [5.74, 6) is 0.508. The van der Waals surface area contributed by atoms with Crippen LogP contribution in [0.3, 0.4) is 0 Å². The maximum atomic E-state index is 5.75. The number of hydrogen-bond donors (Lipinski definition) is 2. The van der Waals surface area contributed by atoms with E-state index >= 15 is 0 Å². The van der Waals surface area contributed by atoms with Gasteiger partial charge < -0.3 is 15.4 Å². The molecule has 1 spiro atoms. The summed E-state index contributed by atoms with van der Waals surface area (Å²) in [6.07, 6.45) is 4.16. The molecule has 142 valence electrons. The molecule has 0 saturated carbocycles. The van der Waals surface area contributed by atoms with Crippen LogP contribution in [0.4, 0.5) is 11.4 Å². The predicted molar refractivity (Wildman–Crippen MR) is 116 cm³/mol. The normalized spacial score (nSPS) is 24.6. The number of anilines is 2. The zero-order valence-corrected chi connectivity index (χ0v) is 16.9. The number of benzene rings is 1. The van der Waals surface area contributed by atoms with Gasteiger partial charge in [0.1, 0.15) is 4.83 Å². The molecule has 5 heterocycles. The lowest BCUT2D eigenvalue weighted by atomic mass is 9.83. The minimum absolute atomic E-state index is 0.115. The Kier molecular flexibility index (Phi) is 3.91. The standard InChI is InChI=1S/C21H20N4OS2/c1-2-18-17(23-12-27-18)9-13(1)25-16-4-6-22-20-14(16)10-19(28-20)15-3-7-24-21(15)5-8-26-11-21/h1-2,4,6,9-10,12,15,24H,3,5,7-8,11H2,(H,22,25)/t15-,21+/m0/s1. The highest BCUT2D eigenvalue weighted by atomic mass is 32.1. The molecule has 2 N–H and O–H groups in total. The van der Waals surface area contributed by atoms with Crippen molar-refractivity contribution in [2.75, 3.05) is 25.1 Å². The van der Waals surface area contributed by atoms with Crippen LogP contribution in [0.1, 0.15) is 23.6 Å². The number of nitrogens with one attached hydrogen (secondary N) is 2. The summed E-state index contributed by atoms with van der Waals surface area (Å²) in [6, 6.07) is 10.8. The van der Waals surface area contributed by atoms with Crippen LogP contribution in [0.2, 0.25) is 0 Å². The van der Waals surface area contributed by atoms with E-state index in [1.165, 1.54) is 21.4 Å². The quantitative estimate of drug-likeness (QED) is 0.506. The molecular weight excluding hydrogens is 388 g/mol. The summed E-state index contributed by atoms with van der Waals surface area (Å²) >= 11 is 3.49. The average Bonchev–Trinajstić information content (AvgIpc) is 3.49. The Morgan fingerprint density at radius 2 is 2.21 bits per heavy atom. The van der Waals surface area contributed by atoms with Crippen molar-refractivity contribution >= 4 is 54.5 Å². The fraction of sp³-hybridized carbons (Fsp3) is 0.333. The van der Waals surface area contributed by atoms with Gasteiger partial charge in [0.2, 0.25) is 0 Å². The Balaban J connectivity index is 1.37. The predicted octanol–water partition coefficient (Wildman–Crippen LogP) is 4.89. The second kappa shape index (κ2) is 6.49. The van der Waals surface area contributed by atoms with E-state index in [-0.39, 0.29) is 5.54 Å². The van der Waals surface area contributed by atoms with Crippen molar-refractivity contribution in [1.29, 1.82) is 0 Å². The number of thiazole rings is 1. The maximum Gasteiger partial charge on any atom is 0.125 e. The molecule has 2 saturated heterocycles. The molecule has 0 radical (unpaired) electrons. The first kappa shape index (κ1) is 16.9. The van der Waals surface area contributed by atoms with Crippen molar-refractivity contribution in [3.8, 4) is 0 Å². The Morgan fingerprint density at radius 3 is 3.14 bits per heavy atom. The number of hydrogen-bond acceptors (Lipinski definition) is 7. The zero-order chi connectivity index (χ0) is 18.6. The minimum atomic E-state index is 0.115. The fourth-order valence-corrected chi connectivity index (χ4v) is 6.54. The van der Waals surface area contributed by atoms with Crippen LogP contribution >= 0.6 is 22.7 Å². The number of pyridine rings is 1.